The van der Waals surface area contributed by atoms with Crippen molar-refractivity contribution in [3.63, 3.8) is 0 Å². The van der Waals surface area contributed by atoms with E-state index in [9.17, 15) is 9.59 Å². The second-order valence-electron chi connectivity index (χ2n) is 6.04. The summed E-state index contributed by atoms with van der Waals surface area (Å²) in [6.45, 7) is 3.85. The van der Waals surface area contributed by atoms with Crippen molar-refractivity contribution in [3.8, 4) is 0 Å². The molecular weight excluding hydrogens is 316 g/mol. The van der Waals surface area contributed by atoms with Gasteiger partial charge in [0.15, 0.2) is 0 Å². The van der Waals surface area contributed by atoms with E-state index in [1.807, 2.05) is 36.4 Å². The Morgan fingerprint density at radius 2 is 1.64 bits per heavy atom. The zero-order valence-electron chi connectivity index (χ0n) is 14.1. The fraction of sp³-hybridized carbons (Fsp3) is 0.263. The van der Waals surface area contributed by atoms with Crippen LogP contribution in [0, 0.1) is 0 Å². The number of aromatic amines is 2. The Labute approximate surface area is 145 Å². The molecule has 1 atom stereocenters. The van der Waals surface area contributed by atoms with Crippen molar-refractivity contribution in [2.45, 2.75) is 19.4 Å². The molecule has 0 saturated carbocycles. The van der Waals surface area contributed by atoms with E-state index in [1.54, 1.807) is 0 Å². The highest BCUT2D eigenvalue weighted by Gasteiger charge is 2.07. The third-order valence-corrected chi connectivity index (χ3v) is 4.15. The van der Waals surface area contributed by atoms with Crippen LogP contribution in [-0.2, 0) is 0 Å². The molecule has 0 amide bonds. The lowest BCUT2D eigenvalue weighted by atomic mass is 10.1. The van der Waals surface area contributed by atoms with Crippen LogP contribution in [0.25, 0.3) is 11.0 Å². The zero-order valence-corrected chi connectivity index (χ0v) is 14.1. The minimum absolute atomic E-state index is 0.150. The van der Waals surface area contributed by atoms with E-state index in [1.165, 1.54) is 0 Å². The van der Waals surface area contributed by atoms with E-state index in [2.05, 4.69) is 39.7 Å². The molecule has 25 heavy (non-hydrogen) atoms. The summed E-state index contributed by atoms with van der Waals surface area (Å²) in [5, 5.41) is 6.85. The van der Waals surface area contributed by atoms with Gasteiger partial charge in [0.1, 0.15) is 0 Å². The van der Waals surface area contributed by atoms with Gasteiger partial charge in [0.25, 0.3) is 0 Å². The van der Waals surface area contributed by atoms with E-state index in [0.717, 1.165) is 30.8 Å². The number of H-pyrrole nitrogens is 2. The molecule has 4 N–H and O–H groups in total. The molecule has 6 nitrogen and oxygen atoms in total. The monoisotopic (exact) mass is 338 g/mol. The lowest BCUT2D eigenvalue weighted by molar-refractivity contribution is 0.565. The summed E-state index contributed by atoms with van der Waals surface area (Å²) in [4.78, 5) is 28.0. The maximum atomic E-state index is 11.5. The first kappa shape index (κ1) is 17.0. The van der Waals surface area contributed by atoms with Crippen molar-refractivity contribution in [1.29, 1.82) is 0 Å². The number of anilines is 1. The van der Waals surface area contributed by atoms with E-state index in [-0.39, 0.29) is 6.04 Å². The summed E-state index contributed by atoms with van der Waals surface area (Å²) < 4.78 is 0. The molecule has 1 unspecified atom stereocenters. The number of fused-ring (bicyclic) bond motifs is 1. The van der Waals surface area contributed by atoms with Gasteiger partial charge in [-0.15, -0.1) is 0 Å². The van der Waals surface area contributed by atoms with Crippen LogP contribution in [-0.4, -0.2) is 23.1 Å². The smallest absolute Gasteiger partial charge is 0.314 e. The molecule has 1 aromatic heterocycles. The molecule has 0 saturated heterocycles. The third kappa shape index (κ3) is 4.36. The molecule has 3 rings (SSSR count). The Bertz CT molecular complexity index is 947. The average Bonchev–Trinajstić information content (AvgIpc) is 2.63. The number of para-hydroxylation sites is 1. The van der Waals surface area contributed by atoms with Crippen molar-refractivity contribution in [3.05, 3.63) is 74.8 Å². The highest BCUT2D eigenvalue weighted by molar-refractivity contribution is 5.74. The SMILES string of the molecule is CC(NCCCNc1ccccc1)c1ccc2[nH]c(=O)c(=O)[nH]c2c1. The molecule has 2 aromatic carbocycles. The van der Waals surface area contributed by atoms with E-state index < -0.39 is 11.1 Å². The fourth-order valence-corrected chi connectivity index (χ4v) is 2.72. The molecular formula is C19H22N4O2. The minimum atomic E-state index is -0.628. The van der Waals surface area contributed by atoms with Gasteiger partial charge in [-0.1, -0.05) is 24.3 Å². The van der Waals surface area contributed by atoms with Crippen LogP contribution < -0.4 is 21.8 Å². The van der Waals surface area contributed by atoms with Crippen LogP contribution >= 0.6 is 0 Å². The summed E-state index contributed by atoms with van der Waals surface area (Å²) in [6.07, 6.45) is 0.997. The van der Waals surface area contributed by atoms with Crippen molar-refractivity contribution in [2.75, 3.05) is 18.4 Å². The Morgan fingerprint density at radius 1 is 0.920 bits per heavy atom. The molecule has 3 aromatic rings. The predicted molar refractivity (Wildman–Crippen MR) is 101 cm³/mol. The van der Waals surface area contributed by atoms with Crippen LogP contribution in [0.4, 0.5) is 5.69 Å². The van der Waals surface area contributed by atoms with Crippen molar-refractivity contribution in [1.82, 2.24) is 15.3 Å². The summed E-state index contributed by atoms with van der Waals surface area (Å²) >= 11 is 0. The predicted octanol–water partition coefficient (Wildman–Crippen LogP) is 2.37. The highest BCUT2D eigenvalue weighted by Crippen LogP contribution is 2.16. The van der Waals surface area contributed by atoms with Crippen LogP contribution in [0.2, 0.25) is 0 Å². The number of rotatable bonds is 7. The summed E-state index contributed by atoms with van der Waals surface area (Å²) in [5.41, 5.74) is 2.21. The van der Waals surface area contributed by atoms with E-state index in [4.69, 9.17) is 0 Å². The van der Waals surface area contributed by atoms with E-state index >= 15 is 0 Å². The molecule has 0 bridgehead atoms. The van der Waals surface area contributed by atoms with E-state index in [0.29, 0.717) is 11.0 Å². The van der Waals surface area contributed by atoms with Crippen LogP contribution in [0.5, 0.6) is 0 Å². The molecule has 0 aliphatic carbocycles. The first-order valence-corrected chi connectivity index (χ1v) is 8.42. The van der Waals surface area contributed by atoms with Gasteiger partial charge in [-0.25, -0.2) is 0 Å². The Kier molecular flexibility index (Phi) is 5.30. The minimum Gasteiger partial charge on any atom is -0.385 e. The number of hydrogen-bond acceptors (Lipinski definition) is 4. The number of nitrogens with one attached hydrogen (secondary N) is 4. The van der Waals surface area contributed by atoms with Gasteiger partial charge in [0, 0.05) is 18.3 Å². The quantitative estimate of drug-likeness (QED) is 0.393. The van der Waals surface area contributed by atoms with Gasteiger partial charge in [-0.2, -0.15) is 0 Å². The summed E-state index contributed by atoms with van der Waals surface area (Å²) in [6, 6.07) is 15.9. The summed E-state index contributed by atoms with van der Waals surface area (Å²) in [7, 11) is 0. The Morgan fingerprint density at radius 3 is 2.40 bits per heavy atom. The molecule has 0 spiro atoms. The lowest BCUT2D eigenvalue weighted by Gasteiger charge is -2.15. The maximum absolute atomic E-state index is 11.5. The second kappa shape index (κ2) is 7.81. The van der Waals surface area contributed by atoms with Crippen LogP contribution in [0.3, 0.4) is 0 Å². The largest absolute Gasteiger partial charge is 0.385 e. The molecule has 130 valence electrons. The Hall–Kier alpha value is -2.86. The molecule has 0 aliphatic rings. The topological polar surface area (TPSA) is 89.8 Å². The third-order valence-electron chi connectivity index (χ3n) is 4.15. The number of hydrogen-bond donors (Lipinski definition) is 4. The maximum Gasteiger partial charge on any atom is 0.314 e. The van der Waals surface area contributed by atoms with Gasteiger partial charge >= 0.3 is 11.1 Å². The molecule has 6 heteroatoms. The highest BCUT2D eigenvalue weighted by atomic mass is 16.2. The van der Waals surface area contributed by atoms with Gasteiger partial charge in [0.2, 0.25) is 0 Å². The average molecular weight is 338 g/mol. The van der Waals surface area contributed by atoms with Gasteiger partial charge < -0.3 is 20.6 Å². The van der Waals surface area contributed by atoms with Crippen molar-refractivity contribution >= 4 is 16.7 Å². The zero-order chi connectivity index (χ0) is 17.6. The van der Waals surface area contributed by atoms with Crippen molar-refractivity contribution in [2.24, 2.45) is 0 Å². The van der Waals surface area contributed by atoms with Gasteiger partial charge in [-0.05, 0) is 49.7 Å². The van der Waals surface area contributed by atoms with Crippen LogP contribution in [0.15, 0.2) is 58.1 Å². The second-order valence-corrected chi connectivity index (χ2v) is 6.04. The lowest BCUT2D eigenvalue weighted by Crippen LogP contribution is -2.29. The fourth-order valence-electron chi connectivity index (χ4n) is 2.72. The van der Waals surface area contributed by atoms with Crippen LogP contribution in [0.1, 0.15) is 24.9 Å². The molecule has 0 aliphatic heterocycles. The molecule has 0 fully saturated rings. The number of benzene rings is 2. The first-order valence-electron chi connectivity index (χ1n) is 8.42. The number of aromatic nitrogens is 2. The van der Waals surface area contributed by atoms with Gasteiger partial charge in [0.05, 0.1) is 11.0 Å². The first-order chi connectivity index (χ1) is 12.1. The van der Waals surface area contributed by atoms with Gasteiger partial charge in [-0.3, -0.25) is 9.59 Å². The standard InChI is InChI=1S/C19H22N4O2/c1-13(20-10-5-11-21-15-6-3-2-4-7-15)14-8-9-16-17(12-14)23-19(25)18(24)22-16/h2-4,6-9,12-13,20-21H,5,10-11H2,1H3,(H,22,24)(H,23,25). The summed E-state index contributed by atoms with van der Waals surface area (Å²) in [5.74, 6) is 0. The molecule has 1 heterocycles. The molecule has 0 radical (unpaired) electrons. The normalized spacial score (nSPS) is 12.2. The Balaban J connectivity index is 1.53. The van der Waals surface area contributed by atoms with Crippen molar-refractivity contribution < 1.29 is 0 Å².